The van der Waals surface area contributed by atoms with E-state index in [1.807, 2.05) is 20.8 Å². The Morgan fingerprint density at radius 2 is 0.389 bits per heavy atom. The molecule has 3 atom stereocenters. The van der Waals surface area contributed by atoms with Crippen LogP contribution in [0.5, 0.6) is 0 Å². The minimum absolute atomic E-state index is 0.256. The van der Waals surface area contributed by atoms with E-state index >= 15 is 0 Å². The van der Waals surface area contributed by atoms with Gasteiger partial charge in [0.2, 0.25) is 0 Å². The molecule has 1 saturated carbocycles. The number of nitrogens with zero attached hydrogens (tertiary/aromatic N) is 3. The highest BCUT2D eigenvalue weighted by Crippen LogP contribution is 2.37. The van der Waals surface area contributed by atoms with Gasteiger partial charge in [-0.05, 0) is 137 Å². The number of unbranched alkanes of at least 4 members (excludes halogenated alkanes) is 42. The van der Waals surface area contributed by atoms with Gasteiger partial charge in [0.15, 0.2) is 0 Å². The fraction of sp³-hybridized carbons (Fsp3) is 0.963. The monoisotopic (exact) mass is 1270 g/mol. The number of esters is 3. The van der Waals surface area contributed by atoms with E-state index < -0.39 is 17.8 Å². The maximum atomic E-state index is 14.5. The van der Waals surface area contributed by atoms with Crippen LogP contribution in [-0.2, 0) is 28.6 Å². The Hall–Kier alpha value is -1.71. The zero-order chi connectivity index (χ0) is 65.6. The van der Waals surface area contributed by atoms with Crippen LogP contribution in [0.1, 0.15) is 409 Å². The molecule has 90 heavy (non-hydrogen) atoms. The molecule has 534 valence electrons. The summed E-state index contributed by atoms with van der Waals surface area (Å²) in [5.74, 6) is -2.49. The summed E-state index contributed by atoms with van der Waals surface area (Å²) in [6.45, 7) is 29.2. The molecule has 1 aliphatic rings. The third-order valence-corrected chi connectivity index (χ3v) is 20.2. The first-order chi connectivity index (χ1) is 44.0. The minimum atomic E-state index is -0.560. The van der Waals surface area contributed by atoms with Crippen LogP contribution in [0, 0.1) is 17.8 Å². The molecular weight excluding hydrogens is 1110 g/mol. The second kappa shape index (κ2) is 64.6. The molecule has 0 aromatic carbocycles. The van der Waals surface area contributed by atoms with Crippen LogP contribution < -0.4 is 0 Å². The third kappa shape index (κ3) is 52.6. The summed E-state index contributed by atoms with van der Waals surface area (Å²) in [5, 5.41) is 0. The van der Waals surface area contributed by atoms with Gasteiger partial charge >= 0.3 is 17.9 Å². The number of hydrogen-bond acceptors (Lipinski definition) is 9. The van der Waals surface area contributed by atoms with Crippen LogP contribution in [0.15, 0.2) is 0 Å². The van der Waals surface area contributed by atoms with Crippen molar-refractivity contribution < 1.29 is 28.6 Å². The number of hydrogen-bond donors (Lipinski definition) is 0. The first-order valence-corrected chi connectivity index (χ1v) is 40.8. The molecule has 0 amide bonds. The Kier molecular flexibility index (Phi) is 62.0. The summed E-state index contributed by atoms with van der Waals surface area (Å²) >= 11 is 0. The average molecular weight is 1270 g/mol. The summed E-state index contributed by atoms with van der Waals surface area (Å²) in [6, 6.07) is 0. The highest BCUT2D eigenvalue weighted by molar-refractivity contribution is 5.80. The summed E-state index contributed by atoms with van der Waals surface area (Å²) in [6.07, 6.45) is 65.9. The summed E-state index contributed by atoms with van der Waals surface area (Å²) in [4.78, 5) is 51.3. The van der Waals surface area contributed by atoms with E-state index in [-0.39, 0.29) is 36.2 Å². The molecule has 1 rings (SSSR count). The number of ether oxygens (including phenoxy) is 3. The topological polar surface area (TPSA) is 88.6 Å². The summed E-state index contributed by atoms with van der Waals surface area (Å²) in [5.41, 5.74) is 0. The normalized spacial score (nSPS) is 16.3. The van der Waals surface area contributed by atoms with Gasteiger partial charge in [-0.1, -0.05) is 311 Å². The van der Waals surface area contributed by atoms with E-state index in [0.717, 1.165) is 78.2 Å². The van der Waals surface area contributed by atoms with E-state index in [1.54, 1.807) is 0 Å². The van der Waals surface area contributed by atoms with Crippen LogP contribution in [-0.4, -0.2) is 110 Å². The van der Waals surface area contributed by atoms with Crippen LogP contribution >= 0.6 is 0 Å². The van der Waals surface area contributed by atoms with Gasteiger partial charge in [-0.2, -0.15) is 0 Å². The van der Waals surface area contributed by atoms with Crippen molar-refractivity contribution in [2.24, 2.45) is 17.8 Å². The van der Waals surface area contributed by atoms with Crippen LogP contribution in [0.3, 0.4) is 0 Å². The average Bonchev–Trinajstić information content (AvgIpc) is 3.05. The Labute approximate surface area is 562 Å². The molecule has 9 heteroatoms. The van der Waals surface area contributed by atoms with Crippen LogP contribution in [0.25, 0.3) is 0 Å². The Morgan fingerprint density at radius 3 is 0.544 bits per heavy atom. The summed E-state index contributed by atoms with van der Waals surface area (Å²) < 4.78 is 19.1. The molecule has 0 radical (unpaired) electrons. The number of carbonyl (C=O) groups is 3. The van der Waals surface area contributed by atoms with Crippen LogP contribution in [0.2, 0.25) is 0 Å². The van der Waals surface area contributed by atoms with E-state index in [1.165, 1.54) is 308 Å². The largest absolute Gasteiger partial charge is 0.462 e. The maximum Gasteiger partial charge on any atom is 0.309 e. The van der Waals surface area contributed by atoms with Gasteiger partial charge in [0.25, 0.3) is 0 Å². The van der Waals surface area contributed by atoms with Crippen molar-refractivity contribution >= 4 is 17.9 Å². The van der Waals surface area contributed by atoms with E-state index in [4.69, 9.17) is 14.2 Å². The lowest BCUT2D eigenvalue weighted by atomic mass is 9.75. The molecule has 0 bridgehead atoms. The SMILES string of the molecule is CCCCCCCCCCN(CCCCCCCCCC)CCC(C)OC(=O)[C@H]1C[C@@H](C(=O)OC(C)CCN(CCCCCCCCCC)CCCCCCCCCC)C[C@@H](C(=O)OC(C)CCN(CCCCCCCCCC)CCCCCCCCCC)C1. The first kappa shape index (κ1) is 86.3. The molecule has 0 aromatic rings. The van der Waals surface area contributed by atoms with Gasteiger partial charge in [-0.15, -0.1) is 0 Å². The van der Waals surface area contributed by atoms with Gasteiger partial charge in [0.1, 0.15) is 18.3 Å². The number of carbonyl (C=O) groups excluding carboxylic acids is 3. The second-order valence-electron chi connectivity index (χ2n) is 29.3. The predicted octanol–water partition coefficient (Wildman–Crippen LogP) is 23.7. The van der Waals surface area contributed by atoms with E-state index in [2.05, 4.69) is 56.2 Å². The van der Waals surface area contributed by atoms with Crippen molar-refractivity contribution in [1.29, 1.82) is 0 Å². The molecule has 0 N–H and O–H groups in total. The molecule has 0 heterocycles. The highest BCUT2D eigenvalue weighted by atomic mass is 16.6. The van der Waals surface area contributed by atoms with Gasteiger partial charge in [0.05, 0.1) is 17.8 Å². The van der Waals surface area contributed by atoms with Crippen molar-refractivity contribution in [3.05, 3.63) is 0 Å². The van der Waals surface area contributed by atoms with Gasteiger partial charge in [-0.25, -0.2) is 0 Å². The fourth-order valence-corrected chi connectivity index (χ4v) is 13.9. The van der Waals surface area contributed by atoms with Crippen molar-refractivity contribution in [1.82, 2.24) is 14.7 Å². The minimum Gasteiger partial charge on any atom is -0.462 e. The lowest BCUT2D eigenvalue weighted by Crippen LogP contribution is -2.39. The quantitative estimate of drug-likeness (QED) is 0.0336. The van der Waals surface area contributed by atoms with Crippen LogP contribution in [0.4, 0.5) is 0 Å². The summed E-state index contributed by atoms with van der Waals surface area (Å²) in [7, 11) is 0. The second-order valence-corrected chi connectivity index (χ2v) is 29.3. The Balaban J connectivity index is 3.20. The molecule has 3 unspecified atom stereocenters. The third-order valence-electron chi connectivity index (χ3n) is 20.2. The molecule has 1 aliphatic carbocycles. The van der Waals surface area contributed by atoms with Crippen molar-refractivity contribution in [2.45, 2.75) is 427 Å². The molecule has 0 aromatic heterocycles. The van der Waals surface area contributed by atoms with Gasteiger partial charge in [0, 0.05) is 19.6 Å². The Bertz CT molecular complexity index is 1300. The molecule has 9 nitrogen and oxygen atoms in total. The van der Waals surface area contributed by atoms with E-state index in [0.29, 0.717) is 19.3 Å². The number of rotatable bonds is 69. The molecule has 1 fully saturated rings. The van der Waals surface area contributed by atoms with Gasteiger partial charge in [-0.3, -0.25) is 14.4 Å². The highest BCUT2D eigenvalue weighted by Gasteiger charge is 2.42. The zero-order valence-corrected chi connectivity index (χ0v) is 62.3. The smallest absolute Gasteiger partial charge is 0.309 e. The molecular formula is C81H159N3O6. The van der Waals surface area contributed by atoms with Crippen molar-refractivity contribution in [3.8, 4) is 0 Å². The van der Waals surface area contributed by atoms with Crippen molar-refractivity contribution in [3.63, 3.8) is 0 Å². The molecule has 0 saturated heterocycles. The predicted molar refractivity (Wildman–Crippen MR) is 390 cm³/mol. The lowest BCUT2D eigenvalue weighted by molar-refractivity contribution is -0.166. The first-order valence-electron chi connectivity index (χ1n) is 40.8. The van der Waals surface area contributed by atoms with Crippen molar-refractivity contribution in [2.75, 3.05) is 58.9 Å². The molecule has 0 spiro atoms. The van der Waals surface area contributed by atoms with E-state index in [9.17, 15) is 14.4 Å². The standard InChI is InChI=1S/C81H159N3O6/c1-10-16-22-28-34-40-46-52-61-82(62-53-47-41-35-29-23-17-11-2)67-58-73(7)88-79(85)76-70-77(80(86)89-74(8)59-68-83(63-54-48-42-36-30-24-18-12-3)64-55-49-43-37-31-25-19-13-4)72-78(71-76)81(87)90-75(9)60-69-84(65-56-50-44-38-32-26-20-14-5)66-57-51-45-39-33-27-21-15-6/h73-78H,10-72H2,1-9H3/t73?,74?,75?,76-,77+,78-. The fourth-order valence-electron chi connectivity index (χ4n) is 13.9. The Morgan fingerprint density at radius 1 is 0.244 bits per heavy atom. The lowest BCUT2D eigenvalue weighted by Gasteiger charge is -2.33. The maximum absolute atomic E-state index is 14.5. The zero-order valence-electron chi connectivity index (χ0n) is 62.3. The molecule has 0 aliphatic heterocycles. The van der Waals surface area contributed by atoms with Gasteiger partial charge < -0.3 is 28.9 Å².